The molecule has 28 heteroatoms. The number of benzene rings is 2. The minimum absolute atomic E-state index is 0.163. The van der Waals surface area contributed by atoms with E-state index in [2.05, 4.69) is 73.1 Å². The molecule has 2 saturated heterocycles. The van der Waals surface area contributed by atoms with E-state index in [4.69, 9.17) is 9.47 Å². The molecule has 2 aromatic carbocycles. The van der Waals surface area contributed by atoms with E-state index in [-0.39, 0.29) is 22.9 Å². The Hall–Kier alpha value is -6.52. The summed E-state index contributed by atoms with van der Waals surface area (Å²) in [5.74, 6) is -10.4. The van der Waals surface area contributed by atoms with Gasteiger partial charge in [-0.25, -0.2) is 19.6 Å². The summed E-state index contributed by atoms with van der Waals surface area (Å²) in [5.41, 5.74) is 1.25. The van der Waals surface area contributed by atoms with Gasteiger partial charge >= 0.3 is 11.9 Å². The van der Waals surface area contributed by atoms with E-state index in [1.165, 1.54) is 54.4 Å². The molecule has 8 amide bonds. The fourth-order valence-electron chi connectivity index (χ4n) is 8.61. The Morgan fingerprint density at radius 1 is 0.577 bits per heavy atom. The van der Waals surface area contributed by atoms with Crippen molar-refractivity contribution in [1.82, 2.24) is 60.8 Å². The van der Waals surface area contributed by atoms with Crippen LogP contribution in [0.5, 0.6) is 0 Å². The first-order valence-corrected chi connectivity index (χ1v) is 28.6. The van der Waals surface area contributed by atoms with Gasteiger partial charge in [0.25, 0.3) is 11.8 Å². The molecule has 4 N–H and O–H groups in total. The second-order valence-corrected chi connectivity index (χ2v) is 23.7. The normalized spacial score (nSPS) is 24.4. The van der Waals surface area contributed by atoms with Crippen molar-refractivity contribution >= 4 is 135 Å². The van der Waals surface area contributed by atoms with Crippen LogP contribution in [0.4, 0.5) is 0 Å². The third-order valence-electron chi connectivity index (χ3n) is 13.0. The number of aromatic nitrogens is 4. The van der Waals surface area contributed by atoms with Crippen LogP contribution in [0.25, 0.3) is 22.1 Å². The first-order chi connectivity index (χ1) is 36.8. The van der Waals surface area contributed by atoms with Crippen LogP contribution in [0.15, 0.2) is 57.7 Å². The zero-order valence-electron chi connectivity index (χ0n) is 44.3. The fourth-order valence-corrected chi connectivity index (χ4v) is 11.8. The smallest absolute Gasteiger partial charge is 0.329 e. The lowest BCUT2D eigenvalue weighted by Crippen LogP contribution is -2.60. The van der Waals surface area contributed by atoms with Crippen LogP contribution < -0.4 is 21.3 Å². The summed E-state index contributed by atoms with van der Waals surface area (Å²) < 4.78 is 12.9. The largest absolute Gasteiger partial charge is 0.461 e. The molecular formula is C50H60Br2N12O12S2. The number of ether oxygens (including phenoxy) is 2. The molecule has 0 saturated carbocycles. The molecule has 8 atom stereocenters. The van der Waals surface area contributed by atoms with Crippen molar-refractivity contribution < 1.29 is 57.4 Å². The molecule has 0 spiro atoms. The van der Waals surface area contributed by atoms with Crippen LogP contribution >= 0.6 is 53.4 Å². The van der Waals surface area contributed by atoms with Gasteiger partial charge in [-0.2, -0.15) is 0 Å². The van der Waals surface area contributed by atoms with Gasteiger partial charge in [-0.1, -0.05) is 81.1 Å². The van der Waals surface area contributed by atoms with Crippen molar-refractivity contribution in [2.24, 2.45) is 11.8 Å². The number of amides is 8. The van der Waals surface area contributed by atoms with E-state index in [9.17, 15) is 47.9 Å². The topological polar surface area (TPSA) is 302 Å². The molecule has 2 aliphatic rings. The van der Waals surface area contributed by atoms with Crippen LogP contribution in [0.1, 0.15) is 62.5 Å². The number of hydrogen-bond donors (Lipinski definition) is 4. The van der Waals surface area contributed by atoms with Gasteiger partial charge in [0, 0.05) is 48.6 Å². The summed E-state index contributed by atoms with van der Waals surface area (Å²) in [7, 11) is 7.46. The number of hydrogen-bond acceptors (Lipinski definition) is 18. The molecule has 78 heavy (non-hydrogen) atoms. The number of cyclic esters (lactones) is 2. The molecule has 0 radical (unpaired) electrons. The van der Waals surface area contributed by atoms with Crippen molar-refractivity contribution in [2.75, 3.05) is 52.9 Å². The zero-order valence-corrected chi connectivity index (χ0v) is 49.1. The van der Waals surface area contributed by atoms with Crippen molar-refractivity contribution in [3.05, 3.63) is 69.1 Å². The summed E-state index contributed by atoms with van der Waals surface area (Å²) >= 11 is 6.74. The molecule has 8 unspecified atom stereocenters. The minimum atomic E-state index is -1.67. The number of fused-ring (bicyclic) bond motifs is 7. The van der Waals surface area contributed by atoms with E-state index in [1.54, 1.807) is 64.1 Å². The van der Waals surface area contributed by atoms with Crippen molar-refractivity contribution in [3.63, 3.8) is 0 Å². The summed E-state index contributed by atoms with van der Waals surface area (Å²) in [6, 6.07) is -1.47. The van der Waals surface area contributed by atoms with Gasteiger partial charge in [0.15, 0.2) is 0 Å². The maximum absolute atomic E-state index is 14.9. The second-order valence-electron chi connectivity index (χ2n) is 19.3. The zero-order chi connectivity index (χ0) is 57.4. The van der Waals surface area contributed by atoms with Crippen molar-refractivity contribution in [1.29, 1.82) is 0 Å². The highest BCUT2D eigenvalue weighted by molar-refractivity contribution is 9.10. The Morgan fingerprint density at radius 2 is 0.936 bits per heavy atom. The Bertz CT molecular complexity index is 2820. The molecule has 6 rings (SSSR count). The van der Waals surface area contributed by atoms with Gasteiger partial charge in [-0.15, -0.1) is 0 Å². The Kier molecular flexibility index (Phi) is 20.6. The molecule has 4 heterocycles. The van der Waals surface area contributed by atoms with Crippen LogP contribution in [-0.4, -0.2) is 200 Å². The highest BCUT2D eigenvalue weighted by Gasteiger charge is 2.42. The van der Waals surface area contributed by atoms with E-state index in [0.717, 1.165) is 50.1 Å². The monoisotopic (exact) mass is 1240 g/mol. The van der Waals surface area contributed by atoms with Gasteiger partial charge < -0.3 is 50.3 Å². The van der Waals surface area contributed by atoms with Gasteiger partial charge in [-0.3, -0.25) is 48.3 Å². The average molecular weight is 1250 g/mol. The number of carbonyl (C=O) groups excluding carboxylic acids is 10. The van der Waals surface area contributed by atoms with Crippen molar-refractivity contribution in [2.45, 2.75) is 89.9 Å². The second kappa shape index (κ2) is 26.4. The van der Waals surface area contributed by atoms with E-state index < -0.39 is 133 Å². The number of esters is 2. The van der Waals surface area contributed by atoms with E-state index >= 15 is 0 Å². The van der Waals surface area contributed by atoms with Gasteiger partial charge in [0.2, 0.25) is 35.4 Å². The highest BCUT2D eigenvalue weighted by Crippen LogP contribution is 2.29. The Morgan fingerprint density at radius 3 is 1.28 bits per heavy atom. The average Bonchev–Trinajstić information content (AvgIpc) is 3.39. The van der Waals surface area contributed by atoms with Crippen LogP contribution in [0, 0.1) is 11.8 Å². The van der Waals surface area contributed by atoms with Crippen LogP contribution in [-0.2, 0) is 47.8 Å². The fraction of sp³-hybridized carbons (Fsp3) is 0.480. The minimum Gasteiger partial charge on any atom is -0.461 e. The lowest BCUT2D eigenvalue weighted by molar-refractivity contribution is -0.160. The molecule has 2 aliphatic heterocycles. The summed E-state index contributed by atoms with van der Waals surface area (Å²) in [6.07, 6.45) is 2.39. The number of rotatable bonds is 6. The predicted octanol–water partition coefficient (Wildman–Crippen LogP) is 2.12. The number of nitrogens with one attached hydrogen (secondary N) is 4. The van der Waals surface area contributed by atoms with Crippen LogP contribution in [0.2, 0.25) is 0 Å². The molecule has 2 bridgehead atoms. The first-order valence-electron chi connectivity index (χ1n) is 24.5. The maximum Gasteiger partial charge on any atom is 0.329 e. The summed E-state index contributed by atoms with van der Waals surface area (Å²) in [6.45, 7) is 7.68. The lowest BCUT2D eigenvalue weighted by atomic mass is 10.0. The number of carbonyl (C=O) groups is 10. The SMILES string of the molecule is CC1NC(=O)C(NC(=O)c2cnc3cc(Br)ccc3n2)COC(=O)C(C(C)C)N(C)C(=O)C2CSSCC(C(=O)N(C)C(C(C)C)C(=O)OCC(NC(=O)c3cnc4cc(Br)ccc4n3)C(=O)NC(C)C(=O)N2C)N(C)C1=O. The Balaban J connectivity index is 1.39. The molecule has 0 aliphatic carbocycles. The maximum atomic E-state index is 14.9. The molecule has 418 valence electrons. The highest BCUT2D eigenvalue weighted by atomic mass is 79.9. The quantitative estimate of drug-likeness (QED) is 0.159. The standard InChI is InChI=1S/C50H60Br2N12O12S2/c1-23(2)39-49(73)75-19-35(59-41(65)33-17-53-31-15-27(51)11-13-29(31)57-33)43(67)55-26(6)46(70)62(8)38-22-78-77-21-37(47(71)63(39)9)61(7)45(69)25(5)56-44(68)36(20-76-50(74)40(24(3)4)64(10)48(38)72)60-42(66)34-18-54-32-16-28(52)12-14-30(32)58-34/h11-18,23-26,35-40H,19-22H2,1-10H3,(H,55,67)(H,56,68)(H,59,65)(H,60,66). The van der Waals surface area contributed by atoms with E-state index in [0.29, 0.717) is 22.1 Å². The third-order valence-corrected chi connectivity index (χ3v) is 16.3. The Labute approximate surface area is 474 Å². The van der Waals surface area contributed by atoms with Gasteiger partial charge in [0.05, 0.1) is 34.5 Å². The van der Waals surface area contributed by atoms with Gasteiger partial charge in [-0.05, 0) is 62.1 Å². The summed E-state index contributed by atoms with van der Waals surface area (Å²) in [4.78, 5) is 165. The number of likely N-dealkylation sites (N-methyl/N-ethyl adjacent to an activating group) is 4. The van der Waals surface area contributed by atoms with Crippen molar-refractivity contribution in [3.8, 4) is 0 Å². The molecule has 2 fully saturated rings. The van der Waals surface area contributed by atoms with Gasteiger partial charge in [0.1, 0.15) is 72.9 Å². The third kappa shape index (κ3) is 14.4. The molecule has 24 nitrogen and oxygen atoms in total. The first kappa shape index (κ1) is 60.7. The summed E-state index contributed by atoms with van der Waals surface area (Å²) in [5, 5.41) is 10.2. The predicted molar refractivity (Wildman–Crippen MR) is 295 cm³/mol. The van der Waals surface area contributed by atoms with E-state index in [1.807, 2.05) is 0 Å². The lowest BCUT2D eigenvalue weighted by Gasteiger charge is -2.37. The molecule has 4 aromatic rings. The molecule has 2 aromatic heterocycles. The molecular weight excluding hydrogens is 1180 g/mol. The number of halogens is 2. The van der Waals surface area contributed by atoms with Crippen LogP contribution in [0.3, 0.4) is 0 Å². The number of nitrogens with zero attached hydrogens (tertiary/aromatic N) is 8.